The average molecular weight is 1130 g/mol. The summed E-state index contributed by atoms with van der Waals surface area (Å²) in [4.78, 5) is 26.9. The van der Waals surface area contributed by atoms with Crippen LogP contribution in [-0.2, 0) is 33.3 Å². The van der Waals surface area contributed by atoms with Gasteiger partial charge in [-0.05, 0) is 46.1 Å². The Labute approximate surface area is 462 Å². The SMILES string of the molecule is CCCN(C[C@]1(O)OC[C@@H](O)[C@@H](O)[C@@H]1O)C1[C@H](O)[C@H](O[C@H]2/C=C/C=C/C=C/C=C/C=C/C=C/C=C/[C@H](C)[C@@H](O)[C@@H](C)[C@H](C)OC(=O)C[C@H](O)C[C@H](O)CC[C@@H](O)[C@H](O)C[C@H](O)C[C@]3(O)C[C@H](O)[C@@H](C(=O)O)[C@H](C2)O3)O[C@H](C)[C@H]1O. The summed E-state index contributed by atoms with van der Waals surface area (Å²) in [5, 5.41) is 165. The van der Waals surface area contributed by atoms with Gasteiger partial charge in [0.2, 0.25) is 5.79 Å². The van der Waals surface area contributed by atoms with Crippen LogP contribution in [0.4, 0.5) is 0 Å². The van der Waals surface area contributed by atoms with Crippen LogP contribution in [0.2, 0.25) is 0 Å². The number of carbonyl (C=O) groups excluding carboxylic acids is 1. The summed E-state index contributed by atoms with van der Waals surface area (Å²) in [7, 11) is 0. The Kier molecular flexibility index (Phi) is 27.7. The lowest BCUT2D eigenvalue weighted by Crippen LogP contribution is -2.69. The predicted molar refractivity (Wildman–Crippen MR) is 284 cm³/mol. The highest BCUT2D eigenvalue weighted by molar-refractivity contribution is 5.71. The average Bonchev–Trinajstić information content (AvgIpc) is 3.37. The van der Waals surface area contributed by atoms with Crippen LogP contribution in [0.15, 0.2) is 85.1 Å². The summed E-state index contributed by atoms with van der Waals surface area (Å²) in [6.45, 7) is 7.41. The molecule has 2 bridgehead atoms. The van der Waals surface area contributed by atoms with E-state index in [-0.39, 0.29) is 31.7 Å². The first-order valence-corrected chi connectivity index (χ1v) is 27.3. The third-order valence-corrected chi connectivity index (χ3v) is 15.0. The number of rotatable bonds is 8. The largest absolute Gasteiger partial charge is 0.481 e. The Bertz CT molecular complexity index is 2070. The molecule has 23 atom stereocenters. The molecule has 79 heavy (non-hydrogen) atoms. The highest BCUT2D eigenvalue weighted by Crippen LogP contribution is 2.39. The predicted octanol–water partition coefficient (Wildman–Crippen LogP) is -0.733. The van der Waals surface area contributed by atoms with Crippen LogP contribution in [0.25, 0.3) is 0 Å². The first kappa shape index (κ1) is 67.9. The summed E-state index contributed by atoms with van der Waals surface area (Å²) in [6.07, 6.45) is -3.89. The van der Waals surface area contributed by atoms with Gasteiger partial charge in [0.1, 0.15) is 36.4 Å². The second-order valence-corrected chi connectivity index (χ2v) is 21.6. The molecule has 0 aromatic heterocycles. The van der Waals surface area contributed by atoms with Crippen molar-refractivity contribution in [2.24, 2.45) is 17.8 Å². The topological polar surface area (TPSA) is 387 Å². The van der Waals surface area contributed by atoms with Gasteiger partial charge in [-0.3, -0.25) is 14.5 Å². The van der Waals surface area contributed by atoms with Gasteiger partial charge in [-0.2, -0.15) is 0 Å². The van der Waals surface area contributed by atoms with Crippen molar-refractivity contribution in [1.82, 2.24) is 4.90 Å². The van der Waals surface area contributed by atoms with Crippen LogP contribution in [0.5, 0.6) is 0 Å². The van der Waals surface area contributed by atoms with Crippen LogP contribution in [-0.4, -0.2) is 235 Å². The van der Waals surface area contributed by atoms with Gasteiger partial charge in [-0.1, -0.05) is 106 Å². The van der Waals surface area contributed by atoms with Gasteiger partial charge >= 0.3 is 11.9 Å². The van der Waals surface area contributed by atoms with Crippen LogP contribution in [0, 0.1) is 17.8 Å². The molecule has 4 rings (SSSR count). The van der Waals surface area contributed by atoms with E-state index < -0.39 is 191 Å². The maximum Gasteiger partial charge on any atom is 0.311 e. The van der Waals surface area contributed by atoms with E-state index in [4.69, 9.17) is 23.7 Å². The molecule has 0 aliphatic carbocycles. The molecule has 15 N–H and O–H groups in total. The normalized spacial score (nSPS) is 45.5. The molecule has 23 nitrogen and oxygen atoms in total. The van der Waals surface area contributed by atoms with E-state index in [0.717, 1.165) is 0 Å². The van der Waals surface area contributed by atoms with Gasteiger partial charge in [-0.15, -0.1) is 0 Å². The van der Waals surface area contributed by atoms with Gasteiger partial charge in [0.25, 0.3) is 0 Å². The molecule has 0 spiro atoms. The van der Waals surface area contributed by atoms with Gasteiger partial charge in [0.05, 0.1) is 92.8 Å². The molecule has 450 valence electrons. The minimum atomic E-state index is -2.46. The summed E-state index contributed by atoms with van der Waals surface area (Å²) in [5.41, 5.74) is 0. The number of aliphatic hydroxyl groups excluding tert-OH is 12. The van der Waals surface area contributed by atoms with Crippen molar-refractivity contribution in [2.75, 3.05) is 19.7 Å². The van der Waals surface area contributed by atoms with Crippen molar-refractivity contribution in [3.05, 3.63) is 85.1 Å². The minimum absolute atomic E-state index is 0.0884. The number of ether oxygens (including phenoxy) is 5. The number of cyclic esters (lactones) is 1. The highest BCUT2D eigenvalue weighted by atomic mass is 16.7. The van der Waals surface area contributed by atoms with Crippen LogP contribution in [0.1, 0.15) is 92.4 Å². The van der Waals surface area contributed by atoms with Gasteiger partial charge in [0.15, 0.2) is 12.1 Å². The molecular weight excluding hydrogens is 1040 g/mol. The fourth-order valence-electron chi connectivity index (χ4n) is 10.3. The zero-order valence-corrected chi connectivity index (χ0v) is 45.7. The Morgan fingerprint density at radius 2 is 1.25 bits per heavy atom. The van der Waals surface area contributed by atoms with Crippen LogP contribution in [0.3, 0.4) is 0 Å². The summed E-state index contributed by atoms with van der Waals surface area (Å²) < 4.78 is 29.3. The van der Waals surface area contributed by atoms with Gasteiger partial charge in [-0.25, -0.2) is 0 Å². The quantitative estimate of drug-likeness (QED) is 0.133. The smallest absolute Gasteiger partial charge is 0.311 e. The molecule has 0 amide bonds. The number of hydrogen-bond acceptors (Lipinski definition) is 22. The fraction of sp³-hybridized carbons (Fsp3) is 0.714. The Hall–Kier alpha value is -3.64. The molecular formula is C56H89NO22. The molecule has 0 radical (unpaired) electrons. The number of aliphatic carboxylic acids is 1. The van der Waals surface area contributed by atoms with Crippen molar-refractivity contribution in [3.63, 3.8) is 0 Å². The third-order valence-electron chi connectivity index (χ3n) is 15.0. The zero-order valence-electron chi connectivity index (χ0n) is 45.7. The standard InChI is InChI=1S/C56H89NO22/c1-6-23-57(31-56(74)52(70)50(68)43(64)30-75-56)47-49(67)35(5)77-54(51(47)69)78-39-20-18-16-14-12-10-8-7-9-11-13-15-17-19-32(2)48(66)33(3)34(4)76-45(65)26-37(59)24-36(58)21-22-40(61)41(62)25-38(60)28-55(73)29-42(63)46(53(71)72)44(27-39)79-55/h7-20,32-44,46-52,54,58-64,66-70,73-74H,6,21-31H2,1-5H3,(H,71,72)/b8-7+,11-9+,12-10+,15-13+,16-14+,19-17+,20-18+/t32-,33-,34-,35+,36+,37+,38-,39-,40+,41+,42-,43+,44-,46+,47?,48+,49+,50+,51-,52-,54-,55+,56-/m0/s1. The molecule has 1 unspecified atom stereocenters. The molecule has 3 saturated heterocycles. The van der Waals surface area contributed by atoms with Gasteiger partial charge in [0, 0.05) is 37.5 Å². The lowest BCUT2D eigenvalue weighted by molar-refractivity contribution is -0.336. The number of carboxylic acid groups (broad SMARTS) is 1. The summed E-state index contributed by atoms with van der Waals surface area (Å²) in [6, 6.07) is -1.29. The molecule has 4 aliphatic heterocycles. The monoisotopic (exact) mass is 1130 g/mol. The molecule has 0 aromatic rings. The first-order chi connectivity index (χ1) is 37.2. The number of carboxylic acids is 1. The lowest BCUT2D eigenvalue weighted by atomic mass is 9.82. The van der Waals surface area contributed by atoms with E-state index in [2.05, 4.69) is 0 Å². The highest BCUT2D eigenvalue weighted by Gasteiger charge is 2.54. The number of allylic oxidation sites excluding steroid dienone is 12. The van der Waals surface area contributed by atoms with E-state index in [1.54, 1.807) is 93.7 Å². The Morgan fingerprint density at radius 1 is 0.658 bits per heavy atom. The first-order valence-electron chi connectivity index (χ1n) is 27.3. The second-order valence-electron chi connectivity index (χ2n) is 21.6. The third kappa shape index (κ3) is 20.6. The van der Waals surface area contributed by atoms with E-state index in [1.807, 2.05) is 6.92 Å². The molecule has 4 aliphatic rings. The number of carbonyl (C=O) groups is 2. The maximum atomic E-state index is 12.8. The Morgan fingerprint density at radius 3 is 1.85 bits per heavy atom. The van der Waals surface area contributed by atoms with Crippen molar-refractivity contribution in [2.45, 2.75) is 214 Å². The Balaban J connectivity index is 1.64. The van der Waals surface area contributed by atoms with E-state index in [0.29, 0.717) is 6.42 Å². The second kappa shape index (κ2) is 32.3. The van der Waals surface area contributed by atoms with Crippen molar-refractivity contribution >= 4 is 11.9 Å². The van der Waals surface area contributed by atoms with Crippen molar-refractivity contribution < 1.29 is 110 Å². The molecule has 4 heterocycles. The minimum Gasteiger partial charge on any atom is -0.481 e. The zero-order chi connectivity index (χ0) is 58.8. The number of fused-ring (bicyclic) bond motifs is 2. The molecule has 23 heteroatoms. The van der Waals surface area contributed by atoms with Crippen molar-refractivity contribution in [1.29, 1.82) is 0 Å². The molecule has 3 fully saturated rings. The van der Waals surface area contributed by atoms with Crippen LogP contribution < -0.4 is 0 Å². The fourth-order valence-corrected chi connectivity index (χ4v) is 10.3. The van der Waals surface area contributed by atoms with Crippen LogP contribution >= 0.6 is 0 Å². The summed E-state index contributed by atoms with van der Waals surface area (Å²) in [5.74, 6) is -9.64. The van der Waals surface area contributed by atoms with Crippen molar-refractivity contribution in [3.8, 4) is 0 Å². The molecule has 0 aromatic carbocycles. The summed E-state index contributed by atoms with van der Waals surface area (Å²) >= 11 is 0. The lowest BCUT2D eigenvalue weighted by Gasteiger charge is -2.50. The van der Waals surface area contributed by atoms with Gasteiger partial charge < -0.3 is 100 Å². The number of hydrogen-bond donors (Lipinski definition) is 15. The number of esters is 1. The van der Waals surface area contributed by atoms with E-state index in [1.165, 1.54) is 24.0 Å². The van der Waals surface area contributed by atoms with E-state index >= 15 is 0 Å². The molecule has 0 saturated carbocycles. The number of nitrogens with zero attached hydrogens (tertiary/aromatic N) is 1. The number of aliphatic hydroxyl groups is 14. The maximum absolute atomic E-state index is 12.8. The van der Waals surface area contributed by atoms with E-state index in [9.17, 15) is 86.2 Å².